The molecule has 1 aliphatic carbocycles. The van der Waals surface area contributed by atoms with Crippen LogP contribution in [0.2, 0.25) is 0 Å². The zero-order valence-corrected chi connectivity index (χ0v) is 12.3. The lowest BCUT2D eigenvalue weighted by Gasteiger charge is -2.41. The number of rotatable bonds is 3. The summed E-state index contributed by atoms with van der Waals surface area (Å²) in [5, 5.41) is 9.53. The topological polar surface area (TPSA) is 66.6 Å². The molecule has 4 nitrogen and oxygen atoms in total. The standard InChI is InChI=1S/C15H28N2O2/c1-11-3-6-15(10-16,7-4-11)14(19)17-8-5-12(2)13(17)9-18/h11-13,18H,3-10,16H2,1-2H3. The van der Waals surface area contributed by atoms with Gasteiger partial charge in [0, 0.05) is 13.1 Å². The van der Waals surface area contributed by atoms with Gasteiger partial charge in [-0.05, 0) is 43.9 Å². The Bertz CT molecular complexity index is 324. The molecule has 1 aliphatic heterocycles. The molecule has 2 rings (SSSR count). The van der Waals surface area contributed by atoms with Gasteiger partial charge in [0.25, 0.3) is 0 Å². The van der Waals surface area contributed by atoms with Crippen LogP contribution in [0.3, 0.4) is 0 Å². The highest BCUT2D eigenvalue weighted by Crippen LogP contribution is 2.41. The third kappa shape index (κ3) is 2.65. The zero-order chi connectivity index (χ0) is 14.0. The van der Waals surface area contributed by atoms with Crippen LogP contribution in [0.15, 0.2) is 0 Å². The summed E-state index contributed by atoms with van der Waals surface area (Å²) in [4.78, 5) is 14.8. The van der Waals surface area contributed by atoms with Gasteiger partial charge in [-0.2, -0.15) is 0 Å². The van der Waals surface area contributed by atoms with Crippen molar-refractivity contribution in [2.75, 3.05) is 19.7 Å². The Hall–Kier alpha value is -0.610. The highest BCUT2D eigenvalue weighted by atomic mass is 16.3. The maximum atomic E-state index is 12.9. The van der Waals surface area contributed by atoms with E-state index < -0.39 is 0 Å². The molecule has 2 unspecified atom stereocenters. The molecule has 2 fully saturated rings. The van der Waals surface area contributed by atoms with Gasteiger partial charge in [-0.1, -0.05) is 13.8 Å². The molecule has 0 aromatic heterocycles. The molecule has 0 spiro atoms. The second kappa shape index (κ2) is 5.80. The van der Waals surface area contributed by atoms with Gasteiger partial charge in [-0.25, -0.2) is 0 Å². The fraction of sp³-hybridized carbons (Fsp3) is 0.933. The van der Waals surface area contributed by atoms with Crippen molar-refractivity contribution >= 4 is 5.91 Å². The summed E-state index contributed by atoms with van der Waals surface area (Å²) in [5.74, 6) is 1.30. The fourth-order valence-corrected chi connectivity index (χ4v) is 3.66. The zero-order valence-electron chi connectivity index (χ0n) is 12.3. The van der Waals surface area contributed by atoms with Gasteiger partial charge >= 0.3 is 0 Å². The number of nitrogens with zero attached hydrogens (tertiary/aromatic N) is 1. The van der Waals surface area contributed by atoms with Crippen molar-refractivity contribution in [1.29, 1.82) is 0 Å². The van der Waals surface area contributed by atoms with E-state index >= 15 is 0 Å². The van der Waals surface area contributed by atoms with Crippen LogP contribution in [0.25, 0.3) is 0 Å². The molecule has 0 aromatic carbocycles. The third-order valence-corrected chi connectivity index (χ3v) is 5.41. The number of likely N-dealkylation sites (tertiary alicyclic amines) is 1. The molecular weight excluding hydrogens is 240 g/mol. The lowest BCUT2D eigenvalue weighted by atomic mass is 9.70. The third-order valence-electron chi connectivity index (χ3n) is 5.41. The first-order valence-electron chi connectivity index (χ1n) is 7.66. The van der Waals surface area contributed by atoms with Crippen molar-refractivity contribution in [3.63, 3.8) is 0 Å². The van der Waals surface area contributed by atoms with E-state index in [1.54, 1.807) is 0 Å². The van der Waals surface area contributed by atoms with Crippen LogP contribution in [0, 0.1) is 17.3 Å². The van der Waals surface area contributed by atoms with Crippen molar-refractivity contribution in [3.05, 3.63) is 0 Å². The number of aliphatic hydroxyl groups excluding tert-OH is 1. The Morgan fingerprint density at radius 2 is 1.95 bits per heavy atom. The van der Waals surface area contributed by atoms with Crippen molar-refractivity contribution in [2.45, 2.75) is 52.0 Å². The summed E-state index contributed by atoms with van der Waals surface area (Å²) >= 11 is 0. The first-order valence-corrected chi connectivity index (χ1v) is 7.66. The smallest absolute Gasteiger partial charge is 0.230 e. The van der Waals surface area contributed by atoms with Crippen molar-refractivity contribution in [2.24, 2.45) is 23.0 Å². The van der Waals surface area contributed by atoms with Gasteiger partial charge in [0.05, 0.1) is 18.1 Å². The van der Waals surface area contributed by atoms with Crippen molar-refractivity contribution < 1.29 is 9.90 Å². The van der Waals surface area contributed by atoms with Gasteiger partial charge in [0.1, 0.15) is 0 Å². The minimum absolute atomic E-state index is 0.00438. The molecular formula is C15H28N2O2. The van der Waals surface area contributed by atoms with E-state index in [4.69, 9.17) is 5.73 Å². The normalized spacial score (nSPS) is 39.6. The SMILES string of the molecule is CC1CCC(CN)(C(=O)N2CCC(C)C2CO)CC1. The van der Waals surface area contributed by atoms with Crippen molar-refractivity contribution in [1.82, 2.24) is 4.90 Å². The largest absolute Gasteiger partial charge is 0.394 e. The molecule has 110 valence electrons. The Morgan fingerprint density at radius 1 is 1.32 bits per heavy atom. The lowest BCUT2D eigenvalue weighted by Crippen LogP contribution is -2.52. The first kappa shape index (κ1) is 14.8. The fourth-order valence-electron chi connectivity index (χ4n) is 3.66. The number of nitrogens with two attached hydrogens (primary N) is 1. The molecule has 4 heteroatoms. The lowest BCUT2D eigenvalue weighted by molar-refractivity contribution is -0.146. The number of hydrogen-bond donors (Lipinski definition) is 2. The van der Waals surface area contributed by atoms with E-state index in [0.717, 1.165) is 38.6 Å². The number of hydrogen-bond acceptors (Lipinski definition) is 3. The maximum Gasteiger partial charge on any atom is 0.230 e. The second-order valence-electron chi connectivity index (χ2n) is 6.68. The molecule has 1 heterocycles. The molecule has 0 aromatic rings. The summed E-state index contributed by atoms with van der Waals surface area (Å²) in [6, 6.07) is -0.00438. The molecule has 1 saturated carbocycles. The summed E-state index contributed by atoms with van der Waals surface area (Å²) in [5.41, 5.74) is 5.61. The Morgan fingerprint density at radius 3 is 2.47 bits per heavy atom. The molecule has 2 atom stereocenters. The highest BCUT2D eigenvalue weighted by Gasteiger charge is 2.46. The Balaban J connectivity index is 2.12. The van der Waals surface area contributed by atoms with Gasteiger partial charge in [-0.15, -0.1) is 0 Å². The highest BCUT2D eigenvalue weighted by molar-refractivity contribution is 5.83. The first-order chi connectivity index (χ1) is 9.04. The predicted molar refractivity (Wildman–Crippen MR) is 75.5 cm³/mol. The molecule has 0 bridgehead atoms. The molecule has 1 amide bonds. The van der Waals surface area contributed by atoms with Crippen LogP contribution in [-0.4, -0.2) is 41.7 Å². The minimum Gasteiger partial charge on any atom is -0.394 e. The predicted octanol–water partition coefficient (Wildman–Crippen LogP) is 1.37. The average molecular weight is 268 g/mol. The molecule has 1 saturated heterocycles. The van der Waals surface area contributed by atoms with Gasteiger partial charge in [-0.3, -0.25) is 4.79 Å². The van der Waals surface area contributed by atoms with Crippen LogP contribution in [0.4, 0.5) is 0 Å². The summed E-state index contributed by atoms with van der Waals surface area (Å²) in [7, 11) is 0. The molecule has 0 radical (unpaired) electrons. The van der Waals surface area contributed by atoms with E-state index in [9.17, 15) is 9.90 Å². The summed E-state index contributed by atoms with van der Waals surface area (Å²) in [6.07, 6.45) is 5.00. The monoisotopic (exact) mass is 268 g/mol. The number of amides is 1. The average Bonchev–Trinajstić information content (AvgIpc) is 2.80. The number of aliphatic hydroxyl groups is 1. The van der Waals surface area contributed by atoms with Crippen LogP contribution in [0.1, 0.15) is 46.0 Å². The quantitative estimate of drug-likeness (QED) is 0.812. The summed E-state index contributed by atoms with van der Waals surface area (Å²) in [6.45, 7) is 5.67. The molecule has 3 N–H and O–H groups in total. The van der Waals surface area contributed by atoms with Crippen LogP contribution in [0.5, 0.6) is 0 Å². The van der Waals surface area contributed by atoms with Gasteiger partial charge in [0.2, 0.25) is 5.91 Å². The summed E-state index contributed by atoms with van der Waals surface area (Å²) < 4.78 is 0. The van der Waals surface area contributed by atoms with Crippen LogP contribution in [-0.2, 0) is 4.79 Å². The van der Waals surface area contributed by atoms with Gasteiger partial charge < -0.3 is 15.7 Å². The minimum atomic E-state index is -0.357. The van der Waals surface area contributed by atoms with E-state index in [0.29, 0.717) is 18.4 Å². The van der Waals surface area contributed by atoms with E-state index in [2.05, 4.69) is 13.8 Å². The molecule has 2 aliphatic rings. The van der Waals surface area contributed by atoms with E-state index in [1.165, 1.54) is 0 Å². The van der Waals surface area contributed by atoms with Gasteiger partial charge in [0.15, 0.2) is 0 Å². The van der Waals surface area contributed by atoms with E-state index in [1.807, 2.05) is 4.90 Å². The second-order valence-corrected chi connectivity index (χ2v) is 6.68. The van der Waals surface area contributed by atoms with Crippen molar-refractivity contribution in [3.8, 4) is 0 Å². The maximum absolute atomic E-state index is 12.9. The number of carbonyl (C=O) groups excluding carboxylic acids is 1. The van der Waals surface area contributed by atoms with E-state index in [-0.39, 0.29) is 24.0 Å². The number of carbonyl (C=O) groups is 1. The molecule has 19 heavy (non-hydrogen) atoms. The Kier molecular flexibility index (Phi) is 4.51. The Labute approximate surface area is 116 Å². The van der Waals surface area contributed by atoms with Crippen LogP contribution < -0.4 is 5.73 Å². The van der Waals surface area contributed by atoms with Crippen LogP contribution >= 0.6 is 0 Å².